The Morgan fingerprint density at radius 2 is 1.90 bits per heavy atom. The molecule has 0 spiro atoms. The van der Waals surface area contributed by atoms with Gasteiger partial charge in [0.05, 0.1) is 0 Å². The van der Waals surface area contributed by atoms with E-state index in [9.17, 15) is 13.6 Å². The molecule has 2 rings (SSSR count). The molecule has 0 saturated carbocycles. The van der Waals surface area contributed by atoms with Gasteiger partial charge < -0.3 is 15.8 Å². The molecule has 0 aliphatic rings. The van der Waals surface area contributed by atoms with Gasteiger partial charge >= 0.3 is 0 Å². The minimum atomic E-state index is -1.14. The molecule has 0 aromatic heterocycles. The fraction of sp³-hybridized carbons (Fsp3) is 0.0714. The zero-order valence-corrected chi connectivity index (χ0v) is 12.3. The van der Waals surface area contributed by atoms with Crippen LogP contribution in [0.5, 0.6) is 5.75 Å². The van der Waals surface area contributed by atoms with Crippen LogP contribution in [0.2, 0.25) is 0 Å². The molecule has 0 aliphatic carbocycles. The summed E-state index contributed by atoms with van der Waals surface area (Å²) in [6.45, 7) is -0.447. The van der Waals surface area contributed by atoms with E-state index in [0.29, 0.717) is 15.8 Å². The lowest BCUT2D eigenvalue weighted by atomic mass is 10.3. The fourth-order valence-electron chi connectivity index (χ4n) is 1.54. The quantitative estimate of drug-likeness (QED) is 0.652. The lowest BCUT2D eigenvalue weighted by Crippen LogP contribution is -2.20. The second kappa shape index (κ2) is 6.53. The SMILES string of the molecule is Nc1ccc(NC(=O)COc2cc(Br)cc(F)c2F)cc1. The molecule has 2 aromatic rings. The molecule has 0 atom stereocenters. The van der Waals surface area contributed by atoms with Crippen LogP contribution in [0.15, 0.2) is 40.9 Å². The highest BCUT2D eigenvalue weighted by Gasteiger charge is 2.13. The van der Waals surface area contributed by atoms with E-state index in [-0.39, 0.29) is 5.75 Å². The minimum Gasteiger partial charge on any atom is -0.481 e. The summed E-state index contributed by atoms with van der Waals surface area (Å²) in [4.78, 5) is 11.7. The summed E-state index contributed by atoms with van der Waals surface area (Å²) in [6.07, 6.45) is 0. The van der Waals surface area contributed by atoms with Crippen LogP contribution in [0.25, 0.3) is 0 Å². The topological polar surface area (TPSA) is 64.3 Å². The van der Waals surface area contributed by atoms with Gasteiger partial charge in [-0.05, 0) is 36.4 Å². The van der Waals surface area contributed by atoms with Crippen LogP contribution in [-0.4, -0.2) is 12.5 Å². The number of carbonyl (C=O) groups is 1. The van der Waals surface area contributed by atoms with Gasteiger partial charge in [0.1, 0.15) is 0 Å². The molecule has 0 heterocycles. The number of hydrogen-bond donors (Lipinski definition) is 2. The average Bonchev–Trinajstić information content (AvgIpc) is 2.44. The molecule has 21 heavy (non-hydrogen) atoms. The Labute approximate surface area is 128 Å². The molecule has 0 radical (unpaired) electrons. The summed E-state index contributed by atoms with van der Waals surface area (Å²) in [5.74, 6) is -3.04. The molecular formula is C14H11BrF2N2O2. The number of benzene rings is 2. The maximum Gasteiger partial charge on any atom is 0.262 e. The van der Waals surface area contributed by atoms with Gasteiger partial charge in [-0.2, -0.15) is 4.39 Å². The summed E-state index contributed by atoms with van der Waals surface area (Å²) in [6, 6.07) is 8.70. The predicted octanol–water partition coefficient (Wildman–Crippen LogP) is 3.33. The summed E-state index contributed by atoms with van der Waals surface area (Å²) in [5.41, 5.74) is 6.61. The lowest BCUT2D eigenvalue weighted by molar-refractivity contribution is -0.118. The molecule has 1 amide bonds. The maximum atomic E-state index is 13.4. The fourth-order valence-corrected chi connectivity index (χ4v) is 1.95. The van der Waals surface area contributed by atoms with Crippen LogP contribution in [0, 0.1) is 11.6 Å². The van der Waals surface area contributed by atoms with Gasteiger partial charge in [-0.3, -0.25) is 4.79 Å². The van der Waals surface area contributed by atoms with E-state index in [4.69, 9.17) is 10.5 Å². The molecule has 2 aromatic carbocycles. The van der Waals surface area contributed by atoms with Crippen LogP contribution >= 0.6 is 15.9 Å². The first kappa shape index (κ1) is 15.2. The Bertz CT molecular complexity index is 663. The highest BCUT2D eigenvalue weighted by molar-refractivity contribution is 9.10. The molecule has 0 saturated heterocycles. The van der Waals surface area contributed by atoms with Crippen molar-refractivity contribution in [3.05, 3.63) is 52.5 Å². The van der Waals surface area contributed by atoms with Gasteiger partial charge in [0.2, 0.25) is 5.82 Å². The van der Waals surface area contributed by atoms with Crippen molar-refractivity contribution in [2.75, 3.05) is 17.7 Å². The van der Waals surface area contributed by atoms with E-state index in [1.165, 1.54) is 6.07 Å². The Hall–Kier alpha value is -2.15. The number of nitrogens with one attached hydrogen (secondary N) is 1. The van der Waals surface area contributed by atoms with E-state index in [1.807, 2.05) is 0 Å². The number of anilines is 2. The number of ether oxygens (including phenoxy) is 1. The number of carbonyl (C=O) groups excluding carboxylic acids is 1. The third kappa shape index (κ3) is 4.16. The monoisotopic (exact) mass is 356 g/mol. The number of halogens is 3. The predicted molar refractivity (Wildman–Crippen MR) is 79.0 cm³/mol. The third-order valence-corrected chi connectivity index (χ3v) is 2.97. The molecule has 110 valence electrons. The van der Waals surface area contributed by atoms with Crippen LogP contribution in [0.3, 0.4) is 0 Å². The second-order valence-electron chi connectivity index (χ2n) is 4.16. The van der Waals surface area contributed by atoms with Crippen molar-refractivity contribution in [2.24, 2.45) is 0 Å². The first-order chi connectivity index (χ1) is 9.95. The van der Waals surface area contributed by atoms with Crippen LogP contribution in [0.4, 0.5) is 20.2 Å². The molecule has 3 N–H and O–H groups in total. The minimum absolute atomic E-state index is 0.315. The number of nitrogens with two attached hydrogens (primary N) is 1. The van der Waals surface area contributed by atoms with Gasteiger partial charge in [0.15, 0.2) is 18.2 Å². The molecule has 0 fully saturated rings. The average molecular weight is 357 g/mol. The zero-order valence-electron chi connectivity index (χ0n) is 10.7. The highest BCUT2D eigenvalue weighted by Crippen LogP contribution is 2.25. The number of nitrogen functional groups attached to an aromatic ring is 1. The zero-order chi connectivity index (χ0) is 15.4. The van der Waals surface area contributed by atoms with Crippen molar-refractivity contribution in [3.63, 3.8) is 0 Å². The van der Waals surface area contributed by atoms with Gasteiger partial charge in [0.25, 0.3) is 5.91 Å². The lowest BCUT2D eigenvalue weighted by Gasteiger charge is -2.09. The smallest absolute Gasteiger partial charge is 0.262 e. The van der Waals surface area contributed by atoms with Crippen molar-refractivity contribution >= 4 is 33.2 Å². The van der Waals surface area contributed by atoms with E-state index in [2.05, 4.69) is 21.2 Å². The van der Waals surface area contributed by atoms with Crippen molar-refractivity contribution in [3.8, 4) is 5.75 Å². The number of rotatable bonds is 4. The van der Waals surface area contributed by atoms with Crippen LogP contribution in [0.1, 0.15) is 0 Å². The third-order valence-electron chi connectivity index (χ3n) is 2.51. The van der Waals surface area contributed by atoms with E-state index >= 15 is 0 Å². The molecular weight excluding hydrogens is 346 g/mol. The summed E-state index contributed by atoms with van der Waals surface area (Å²) in [5, 5.41) is 2.54. The Balaban J connectivity index is 1.97. The first-order valence-electron chi connectivity index (χ1n) is 5.88. The van der Waals surface area contributed by atoms with Crippen LogP contribution in [-0.2, 0) is 4.79 Å². The molecule has 0 aliphatic heterocycles. The van der Waals surface area contributed by atoms with Gasteiger partial charge in [-0.1, -0.05) is 15.9 Å². The molecule has 4 nitrogen and oxygen atoms in total. The van der Waals surface area contributed by atoms with Crippen LogP contribution < -0.4 is 15.8 Å². The van der Waals surface area contributed by atoms with Gasteiger partial charge in [-0.25, -0.2) is 4.39 Å². The van der Waals surface area contributed by atoms with Crippen molar-refractivity contribution < 1.29 is 18.3 Å². The maximum absolute atomic E-state index is 13.4. The summed E-state index contributed by atoms with van der Waals surface area (Å²) in [7, 11) is 0. The number of hydrogen-bond acceptors (Lipinski definition) is 3. The highest BCUT2D eigenvalue weighted by atomic mass is 79.9. The Morgan fingerprint density at radius 1 is 1.24 bits per heavy atom. The van der Waals surface area contributed by atoms with E-state index in [0.717, 1.165) is 6.07 Å². The molecule has 0 bridgehead atoms. The van der Waals surface area contributed by atoms with Crippen molar-refractivity contribution in [1.29, 1.82) is 0 Å². The van der Waals surface area contributed by atoms with E-state index in [1.54, 1.807) is 24.3 Å². The molecule has 7 heteroatoms. The van der Waals surface area contributed by atoms with E-state index < -0.39 is 24.1 Å². The Morgan fingerprint density at radius 3 is 2.57 bits per heavy atom. The molecule has 0 unspecified atom stereocenters. The summed E-state index contributed by atoms with van der Waals surface area (Å²) < 4.78 is 31.9. The van der Waals surface area contributed by atoms with Gasteiger partial charge in [0, 0.05) is 15.8 Å². The first-order valence-corrected chi connectivity index (χ1v) is 6.68. The summed E-state index contributed by atoms with van der Waals surface area (Å²) >= 11 is 3.02. The number of amides is 1. The Kier molecular flexibility index (Phi) is 4.74. The van der Waals surface area contributed by atoms with Crippen molar-refractivity contribution in [2.45, 2.75) is 0 Å². The standard InChI is InChI=1S/C14H11BrF2N2O2/c15-8-5-11(16)14(17)12(6-8)21-7-13(20)19-10-3-1-9(18)2-4-10/h1-6H,7,18H2,(H,19,20). The van der Waals surface area contributed by atoms with Gasteiger partial charge in [-0.15, -0.1) is 0 Å². The largest absolute Gasteiger partial charge is 0.481 e. The second-order valence-corrected chi connectivity index (χ2v) is 5.07. The van der Waals surface area contributed by atoms with Crippen molar-refractivity contribution in [1.82, 2.24) is 0 Å². The normalized spacial score (nSPS) is 10.2.